The van der Waals surface area contributed by atoms with E-state index < -0.39 is 0 Å². The van der Waals surface area contributed by atoms with Gasteiger partial charge in [-0.15, -0.1) is 0 Å². The van der Waals surface area contributed by atoms with Crippen LogP contribution in [0.2, 0.25) is 0 Å². The number of rotatable bonds is 5. The fourth-order valence-electron chi connectivity index (χ4n) is 4.14. The first kappa shape index (κ1) is 23.0. The summed E-state index contributed by atoms with van der Waals surface area (Å²) in [5.74, 6) is 1.45. The summed E-state index contributed by atoms with van der Waals surface area (Å²) in [6.45, 7) is 6.79. The van der Waals surface area contributed by atoms with Gasteiger partial charge in [-0.1, -0.05) is 23.8 Å². The largest absolute Gasteiger partial charge is 0.394 e. The molecule has 0 saturated carbocycles. The molecule has 10 heteroatoms. The van der Waals surface area contributed by atoms with E-state index in [1.165, 1.54) is 11.6 Å². The maximum absolute atomic E-state index is 12.8. The van der Waals surface area contributed by atoms with Crippen LogP contribution in [0.3, 0.4) is 0 Å². The minimum absolute atomic E-state index is 0.0953. The summed E-state index contributed by atoms with van der Waals surface area (Å²) in [5.41, 5.74) is 9.33. The summed E-state index contributed by atoms with van der Waals surface area (Å²) in [4.78, 5) is 26.0. The number of hydrogen-bond acceptors (Lipinski definition) is 8. The number of aromatic nitrogens is 4. The number of benzene rings is 1. The summed E-state index contributed by atoms with van der Waals surface area (Å²) in [6, 6.07) is 12.1. The Kier molecular flexibility index (Phi) is 6.73. The summed E-state index contributed by atoms with van der Waals surface area (Å²) < 4.78 is 12.6. The lowest BCUT2D eigenvalue weighted by molar-refractivity contribution is -0.131. The number of hydrogen-bond donors (Lipinski definition) is 1. The summed E-state index contributed by atoms with van der Waals surface area (Å²) >= 11 is 0. The molecule has 5 rings (SSSR count). The molecule has 0 radical (unpaired) electrons. The zero-order valence-electron chi connectivity index (χ0n) is 19.8. The number of nitrogens with two attached hydrogens (primary N) is 1. The van der Waals surface area contributed by atoms with Crippen LogP contribution >= 0.6 is 0 Å². The lowest BCUT2D eigenvalue weighted by Crippen LogP contribution is -2.42. The Balaban J connectivity index is 1.49. The van der Waals surface area contributed by atoms with Crippen molar-refractivity contribution < 1.29 is 14.3 Å². The predicted molar refractivity (Wildman–Crippen MR) is 132 cm³/mol. The number of carbonyl (C=O) groups is 1. The highest BCUT2D eigenvalue weighted by atomic mass is 16.5. The van der Waals surface area contributed by atoms with Crippen molar-refractivity contribution in [2.45, 2.75) is 6.92 Å². The third-order valence-corrected chi connectivity index (χ3v) is 6.02. The summed E-state index contributed by atoms with van der Waals surface area (Å²) in [7, 11) is 0. The van der Waals surface area contributed by atoms with Gasteiger partial charge < -0.3 is 25.0 Å². The molecule has 182 valence electrons. The molecule has 4 heterocycles. The molecule has 35 heavy (non-hydrogen) atoms. The first-order valence-corrected chi connectivity index (χ1v) is 11.8. The van der Waals surface area contributed by atoms with Gasteiger partial charge in [-0.25, -0.2) is 14.6 Å². The zero-order valence-corrected chi connectivity index (χ0v) is 19.8. The quantitative estimate of drug-likeness (QED) is 0.555. The molecular weight excluding hydrogens is 446 g/mol. The maximum atomic E-state index is 12.8. The lowest BCUT2D eigenvalue weighted by atomic mass is 10.1. The molecule has 2 N–H and O–H groups in total. The predicted octanol–water partition coefficient (Wildman–Crippen LogP) is 1.63. The first-order chi connectivity index (χ1) is 17.1. The molecule has 0 aliphatic carbocycles. The average molecular weight is 476 g/mol. The number of carbonyl (C=O) groups excluding carboxylic acids is 1. The van der Waals surface area contributed by atoms with Gasteiger partial charge in [0.25, 0.3) is 5.91 Å². The SMILES string of the molecule is Cc1cccc(-c2ccn(-c3cc(N4CCOCC4)nc(C=C(N)C(=O)N4CCOCC4)n3)n2)c1. The van der Waals surface area contributed by atoms with Crippen LogP contribution in [0.25, 0.3) is 23.2 Å². The molecule has 0 spiro atoms. The van der Waals surface area contributed by atoms with Crippen molar-refractivity contribution in [1.29, 1.82) is 0 Å². The van der Waals surface area contributed by atoms with Gasteiger partial charge in [0.1, 0.15) is 11.5 Å². The zero-order chi connectivity index (χ0) is 24.2. The highest BCUT2D eigenvalue weighted by Gasteiger charge is 2.20. The smallest absolute Gasteiger partial charge is 0.270 e. The molecule has 3 aromatic rings. The molecular formula is C25H29N7O3. The highest BCUT2D eigenvalue weighted by molar-refractivity contribution is 5.96. The Bertz CT molecular complexity index is 1230. The van der Waals surface area contributed by atoms with E-state index in [4.69, 9.17) is 25.3 Å². The van der Waals surface area contributed by atoms with E-state index in [0.717, 1.165) is 30.2 Å². The standard InChI is InChI=1S/C25H29N7O3/c1-18-3-2-4-19(15-18)21-5-6-32(29-21)24-17-23(30-7-11-34-12-8-30)27-22(28-24)16-20(26)25(33)31-9-13-35-14-10-31/h2-6,15-17H,7-14,26H2,1H3. The molecule has 0 unspecified atom stereocenters. The van der Waals surface area contributed by atoms with Crippen LogP contribution in [0, 0.1) is 6.92 Å². The Morgan fingerprint density at radius 1 is 0.971 bits per heavy atom. The number of aryl methyl sites for hydroxylation is 1. The third kappa shape index (κ3) is 5.33. The molecule has 2 fully saturated rings. The monoisotopic (exact) mass is 475 g/mol. The molecule has 0 bridgehead atoms. The Morgan fingerprint density at radius 2 is 1.69 bits per heavy atom. The van der Waals surface area contributed by atoms with Gasteiger partial charge in [0, 0.05) is 50.1 Å². The van der Waals surface area contributed by atoms with Crippen molar-refractivity contribution in [3.63, 3.8) is 0 Å². The van der Waals surface area contributed by atoms with Gasteiger partial charge >= 0.3 is 0 Å². The van der Waals surface area contributed by atoms with Crippen LogP contribution in [0.4, 0.5) is 5.82 Å². The van der Waals surface area contributed by atoms with Gasteiger partial charge in [-0.3, -0.25) is 4.79 Å². The highest BCUT2D eigenvalue weighted by Crippen LogP contribution is 2.22. The fraction of sp³-hybridized carbons (Fsp3) is 0.360. The van der Waals surface area contributed by atoms with Crippen LogP contribution in [0.15, 0.2) is 48.3 Å². The Hall–Kier alpha value is -3.76. The first-order valence-electron chi connectivity index (χ1n) is 11.8. The van der Waals surface area contributed by atoms with E-state index in [1.54, 1.807) is 9.58 Å². The third-order valence-electron chi connectivity index (χ3n) is 6.02. The number of nitrogens with zero attached hydrogens (tertiary/aromatic N) is 6. The van der Waals surface area contributed by atoms with E-state index in [1.807, 2.05) is 30.5 Å². The van der Waals surface area contributed by atoms with Gasteiger partial charge in [0.2, 0.25) is 0 Å². The van der Waals surface area contributed by atoms with Crippen molar-refractivity contribution in [1.82, 2.24) is 24.6 Å². The van der Waals surface area contributed by atoms with E-state index in [9.17, 15) is 4.79 Å². The summed E-state index contributed by atoms with van der Waals surface area (Å²) in [6.07, 6.45) is 3.41. The minimum Gasteiger partial charge on any atom is -0.394 e. The second-order valence-corrected chi connectivity index (χ2v) is 8.56. The second kappa shape index (κ2) is 10.2. The number of amides is 1. The fourth-order valence-corrected chi connectivity index (χ4v) is 4.14. The Labute approximate surface area is 204 Å². The number of anilines is 1. The van der Waals surface area contributed by atoms with Gasteiger partial charge in [-0.2, -0.15) is 5.10 Å². The van der Waals surface area contributed by atoms with Crippen LogP contribution in [-0.2, 0) is 14.3 Å². The molecule has 2 aromatic heterocycles. The maximum Gasteiger partial charge on any atom is 0.270 e. The second-order valence-electron chi connectivity index (χ2n) is 8.56. The van der Waals surface area contributed by atoms with Crippen molar-refractivity contribution >= 4 is 17.8 Å². The van der Waals surface area contributed by atoms with Crippen LogP contribution in [-0.4, -0.2) is 83.2 Å². The normalized spacial score (nSPS) is 17.0. The molecule has 1 aromatic carbocycles. The van der Waals surface area contributed by atoms with Crippen LogP contribution in [0.5, 0.6) is 0 Å². The van der Waals surface area contributed by atoms with Crippen molar-refractivity contribution in [2.24, 2.45) is 5.73 Å². The molecule has 2 aliphatic rings. The molecule has 10 nitrogen and oxygen atoms in total. The molecule has 1 amide bonds. The molecule has 2 saturated heterocycles. The summed E-state index contributed by atoms with van der Waals surface area (Å²) in [5, 5.41) is 4.75. The van der Waals surface area contributed by atoms with Gasteiger partial charge in [0.15, 0.2) is 11.6 Å². The van der Waals surface area contributed by atoms with E-state index >= 15 is 0 Å². The van der Waals surface area contributed by atoms with E-state index in [2.05, 4.69) is 28.9 Å². The van der Waals surface area contributed by atoms with Gasteiger partial charge in [-0.05, 0) is 19.1 Å². The topological polar surface area (TPSA) is 112 Å². The number of ether oxygens (including phenoxy) is 2. The molecule has 2 aliphatic heterocycles. The lowest BCUT2D eigenvalue weighted by Gasteiger charge is -2.28. The van der Waals surface area contributed by atoms with Crippen LogP contribution < -0.4 is 10.6 Å². The minimum atomic E-state index is -0.240. The van der Waals surface area contributed by atoms with Gasteiger partial charge in [0.05, 0.1) is 32.1 Å². The van der Waals surface area contributed by atoms with Crippen LogP contribution in [0.1, 0.15) is 11.4 Å². The average Bonchev–Trinajstić information content (AvgIpc) is 3.40. The Morgan fingerprint density at radius 3 is 2.43 bits per heavy atom. The van der Waals surface area contributed by atoms with Crippen molar-refractivity contribution in [3.8, 4) is 17.1 Å². The van der Waals surface area contributed by atoms with E-state index in [0.29, 0.717) is 51.2 Å². The van der Waals surface area contributed by atoms with E-state index in [-0.39, 0.29) is 11.6 Å². The van der Waals surface area contributed by atoms with Crippen molar-refractivity contribution in [2.75, 3.05) is 57.5 Å². The van der Waals surface area contributed by atoms with Crippen molar-refractivity contribution in [3.05, 3.63) is 59.7 Å². The molecule has 0 atom stereocenters. The number of morpholine rings is 2.